The number of methoxy groups -OCH3 is 1. The SMILES string of the molecule is COc1cc(C(F)(F)F)ccc1C(O)C(O)CO. The summed E-state index contributed by atoms with van der Waals surface area (Å²) in [6, 6.07) is 2.50. The van der Waals surface area contributed by atoms with Crippen LogP contribution >= 0.6 is 0 Å². The summed E-state index contributed by atoms with van der Waals surface area (Å²) in [4.78, 5) is 0. The molecule has 18 heavy (non-hydrogen) atoms. The first-order chi connectivity index (χ1) is 8.31. The Morgan fingerprint density at radius 3 is 2.33 bits per heavy atom. The molecule has 0 bridgehead atoms. The molecule has 0 spiro atoms. The predicted molar refractivity (Wildman–Crippen MR) is 56.0 cm³/mol. The summed E-state index contributed by atoms with van der Waals surface area (Å²) in [5, 5.41) is 27.6. The fourth-order valence-corrected chi connectivity index (χ4v) is 1.44. The van der Waals surface area contributed by atoms with Crippen molar-refractivity contribution in [3.8, 4) is 5.75 Å². The lowest BCUT2D eigenvalue weighted by Crippen LogP contribution is -2.22. The van der Waals surface area contributed by atoms with E-state index >= 15 is 0 Å². The Bertz CT molecular complexity index is 406. The molecule has 1 aromatic rings. The van der Waals surface area contributed by atoms with Crippen LogP contribution in [-0.4, -0.2) is 35.1 Å². The average Bonchev–Trinajstić information content (AvgIpc) is 2.35. The van der Waals surface area contributed by atoms with Gasteiger partial charge in [0.15, 0.2) is 0 Å². The Kier molecular flexibility index (Phi) is 4.55. The normalized spacial score (nSPS) is 15.3. The maximum absolute atomic E-state index is 12.5. The number of ether oxygens (including phenoxy) is 1. The largest absolute Gasteiger partial charge is 0.496 e. The van der Waals surface area contributed by atoms with Gasteiger partial charge in [-0.05, 0) is 12.1 Å². The molecule has 0 aliphatic rings. The lowest BCUT2D eigenvalue weighted by Gasteiger charge is -2.19. The maximum atomic E-state index is 12.5. The molecule has 0 saturated heterocycles. The number of halogens is 3. The zero-order valence-electron chi connectivity index (χ0n) is 9.48. The topological polar surface area (TPSA) is 69.9 Å². The van der Waals surface area contributed by atoms with Gasteiger partial charge >= 0.3 is 6.18 Å². The van der Waals surface area contributed by atoms with E-state index in [1.54, 1.807) is 0 Å². The Labute approximate surface area is 101 Å². The van der Waals surface area contributed by atoms with Gasteiger partial charge < -0.3 is 20.1 Å². The summed E-state index contributed by atoms with van der Waals surface area (Å²) < 4.78 is 42.1. The molecule has 2 atom stereocenters. The summed E-state index contributed by atoms with van der Waals surface area (Å²) in [6.07, 6.45) is -7.53. The van der Waals surface area contributed by atoms with Gasteiger partial charge in [0.05, 0.1) is 19.3 Å². The minimum Gasteiger partial charge on any atom is -0.496 e. The van der Waals surface area contributed by atoms with E-state index in [0.717, 1.165) is 25.3 Å². The van der Waals surface area contributed by atoms with Crippen LogP contribution in [0.1, 0.15) is 17.2 Å². The monoisotopic (exact) mass is 266 g/mol. The van der Waals surface area contributed by atoms with Gasteiger partial charge in [-0.25, -0.2) is 0 Å². The third-order valence-electron chi connectivity index (χ3n) is 2.43. The molecule has 4 nitrogen and oxygen atoms in total. The van der Waals surface area contributed by atoms with E-state index in [-0.39, 0.29) is 11.3 Å². The number of rotatable bonds is 4. The van der Waals surface area contributed by atoms with Crippen molar-refractivity contribution in [1.82, 2.24) is 0 Å². The molecule has 1 aromatic carbocycles. The van der Waals surface area contributed by atoms with E-state index in [2.05, 4.69) is 0 Å². The molecule has 0 aliphatic carbocycles. The minimum atomic E-state index is -4.52. The Morgan fingerprint density at radius 1 is 1.28 bits per heavy atom. The minimum absolute atomic E-state index is 0.0212. The molecule has 2 unspecified atom stereocenters. The van der Waals surface area contributed by atoms with E-state index in [1.165, 1.54) is 0 Å². The fraction of sp³-hybridized carbons (Fsp3) is 0.455. The van der Waals surface area contributed by atoms with Crippen LogP contribution < -0.4 is 4.74 Å². The molecule has 0 aliphatic heterocycles. The second kappa shape index (κ2) is 5.55. The molecule has 0 saturated carbocycles. The molecular formula is C11H13F3O4. The first kappa shape index (κ1) is 14.7. The Balaban J connectivity index is 3.15. The van der Waals surface area contributed by atoms with E-state index in [4.69, 9.17) is 9.84 Å². The van der Waals surface area contributed by atoms with Crippen molar-refractivity contribution in [3.05, 3.63) is 29.3 Å². The van der Waals surface area contributed by atoms with Gasteiger partial charge in [-0.2, -0.15) is 13.2 Å². The molecule has 0 fully saturated rings. The molecule has 0 amide bonds. The highest BCUT2D eigenvalue weighted by Gasteiger charge is 2.32. The van der Waals surface area contributed by atoms with E-state index in [9.17, 15) is 23.4 Å². The third-order valence-corrected chi connectivity index (χ3v) is 2.43. The maximum Gasteiger partial charge on any atom is 0.416 e. The van der Waals surface area contributed by atoms with Crippen molar-refractivity contribution in [2.75, 3.05) is 13.7 Å². The van der Waals surface area contributed by atoms with Crippen LogP contribution in [0.3, 0.4) is 0 Å². The van der Waals surface area contributed by atoms with Crippen molar-refractivity contribution >= 4 is 0 Å². The zero-order valence-corrected chi connectivity index (χ0v) is 9.48. The van der Waals surface area contributed by atoms with Crippen molar-refractivity contribution in [3.63, 3.8) is 0 Å². The summed E-state index contributed by atoms with van der Waals surface area (Å²) in [6.45, 7) is -0.717. The van der Waals surface area contributed by atoms with Gasteiger partial charge in [-0.1, -0.05) is 6.07 Å². The quantitative estimate of drug-likeness (QED) is 0.763. The first-order valence-electron chi connectivity index (χ1n) is 5.03. The zero-order chi connectivity index (χ0) is 13.9. The Morgan fingerprint density at radius 2 is 1.89 bits per heavy atom. The highest BCUT2D eigenvalue weighted by atomic mass is 19.4. The second-order valence-corrected chi connectivity index (χ2v) is 3.65. The van der Waals surface area contributed by atoms with Gasteiger partial charge in [0, 0.05) is 5.56 Å². The number of hydrogen-bond acceptors (Lipinski definition) is 4. The van der Waals surface area contributed by atoms with E-state index in [1.807, 2.05) is 0 Å². The number of aliphatic hydroxyl groups excluding tert-OH is 3. The van der Waals surface area contributed by atoms with Gasteiger partial charge in [0.2, 0.25) is 0 Å². The second-order valence-electron chi connectivity index (χ2n) is 3.65. The van der Waals surface area contributed by atoms with Crippen molar-refractivity contribution in [2.24, 2.45) is 0 Å². The average molecular weight is 266 g/mol. The lowest BCUT2D eigenvalue weighted by atomic mass is 10.0. The van der Waals surface area contributed by atoms with Crippen LogP contribution in [0.2, 0.25) is 0 Å². The number of benzene rings is 1. The predicted octanol–water partition coefficient (Wildman–Crippen LogP) is 1.10. The lowest BCUT2D eigenvalue weighted by molar-refractivity contribution is -0.137. The molecule has 0 aromatic heterocycles. The number of alkyl halides is 3. The summed E-state index contributed by atoms with van der Waals surface area (Å²) in [5.74, 6) is -0.204. The van der Waals surface area contributed by atoms with Gasteiger partial charge in [-0.3, -0.25) is 0 Å². The molecular weight excluding hydrogens is 253 g/mol. The number of hydrogen-bond donors (Lipinski definition) is 3. The van der Waals surface area contributed by atoms with Crippen LogP contribution in [0.4, 0.5) is 13.2 Å². The van der Waals surface area contributed by atoms with Crippen molar-refractivity contribution in [2.45, 2.75) is 18.4 Å². The number of aliphatic hydroxyl groups is 3. The molecule has 0 heterocycles. The van der Waals surface area contributed by atoms with Crippen LogP contribution in [0.15, 0.2) is 18.2 Å². The molecule has 102 valence electrons. The van der Waals surface area contributed by atoms with Crippen LogP contribution in [0.5, 0.6) is 5.75 Å². The van der Waals surface area contributed by atoms with Crippen LogP contribution in [0.25, 0.3) is 0 Å². The third kappa shape index (κ3) is 3.12. The van der Waals surface area contributed by atoms with E-state index < -0.39 is 30.6 Å². The van der Waals surface area contributed by atoms with Crippen LogP contribution in [0, 0.1) is 0 Å². The molecule has 3 N–H and O–H groups in total. The molecule has 1 rings (SSSR count). The first-order valence-corrected chi connectivity index (χ1v) is 5.03. The van der Waals surface area contributed by atoms with Crippen molar-refractivity contribution < 1.29 is 33.2 Å². The highest BCUT2D eigenvalue weighted by molar-refractivity contribution is 5.40. The summed E-state index contributed by atoms with van der Waals surface area (Å²) in [5.41, 5.74) is -0.944. The summed E-state index contributed by atoms with van der Waals surface area (Å²) in [7, 11) is 1.15. The molecule has 0 radical (unpaired) electrons. The highest BCUT2D eigenvalue weighted by Crippen LogP contribution is 2.35. The van der Waals surface area contributed by atoms with Gasteiger partial charge in [0.1, 0.15) is 18.0 Å². The van der Waals surface area contributed by atoms with Crippen molar-refractivity contribution in [1.29, 1.82) is 0 Å². The van der Waals surface area contributed by atoms with Gasteiger partial charge in [0.25, 0.3) is 0 Å². The summed E-state index contributed by atoms with van der Waals surface area (Å²) >= 11 is 0. The smallest absolute Gasteiger partial charge is 0.416 e. The van der Waals surface area contributed by atoms with Gasteiger partial charge in [-0.15, -0.1) is 0 Å². The van der Waals surface area contributed by atoms with Crippen LogP contribution in [-0.2, 0) is 6.18 Å². The van der Waals surface area contributed by atoms with E-state index in [0.29, 0.717) is 0 Å². The Hall–Kier alpha value is -1.31. The fourth-order valence-electron chi connectivity index (χ4n) is 1.44. The molecule has 7 heteroatoms. The standard InChI is InChI=1S/C11H13F3O4/c1-18-9-4-6(11(12,13)14)2-3-7(9)10(17)8(16)5-15/h2-4,8,10,15-17H,5H2,1H3.